The zero-order valence-electron chi connectivity index (χ0n) is 11.9. The molecule has 0 N–H and O–H groups in total. The molecule has 18 heavy (non-hydrogen) atoms. The van der Waals surface area contributed by atoms with E-state index < -0.39 is 0 Å². The topological polar surface area (TPSA) is 12.5 Å². The second-order valence-corrected chi connectivity index (χ2v) is 5.81. The molecular formula is C16H25NO. The van der Waals surface area contributed by atoms with Gasteiger partial charge in [-0.15, -0.1) is 0 Å². The maximum absolute atomic E-state index is 5.96. The molecule has 0 saturated carbocycles. The third-order valence-electron chi connectivity index (χ3n) is 3.73. The number of likely N-dealkylation sites (tertiary alicyclic amines) is 1. The van der Waals surface area contributed by atoms with Crippen molar-refractivity contribution in [2.24, 2.45) is 5.92 Å². The SMILES string of the molecule is CC(C)c1cccc(OCC2CCCN(C)C2)c1. The minimum atomic E-state index is 0.564. The van der Waals surface area contributed by atoms with Crippen molar-refractivity contribution >= 4 is 0 Å². The van der Waals surface area contributed by atoms with Gasteiger partial charge in [0, 0.05) is 12.5 Å². The second-order valence-electron chi connectivity index (χ2n) is 5.81. The monoisotopic (exact) mass is 247 g/mol. The van der Waals surface area contributed by atoms with Crippen LogP contribution < -0.4 is 4.74 Å². The number of rotatable bonds is 4. The molecule has 1 heterocycles. The van der Waals surface area contributed by atoms with Gasteiger partial charge in [-0.3, -0.25) is 0 Å². The average molecular weight is 247 g/mol. The van der Waals surface area contributed by atoms with Crippen LogP contribution in [0.3, 0.4) is 0 Å². The van der Waals surface area contributed by atoms with Gasteiger partial charge in [-0.05, 0) is 50.0 Å². The molecule has 1 aliphatic rings. The van der Waals surface area contributed by atoms with E-state index in [-0.39, 0.29) is 0 Å². The molecule has 1 atom stereocenters. The van der Waals surface area contributed by atoms with Crippen molar-refractivity contribution < 1.29 is 4.74 Å². The Morgan fingerprint density at radius 2 is 2.22 bits per heavy atom. The highest BCUT2D eigenvalue weighted by molar-refractivity contribution is 5.30. The molecule has 0 aromatic heterocycles. The molecule has 1 aliphatic heterocycles. The van der Waals surface area contributed by atoms with Crippen LogP contribution in [0.5, 0.6) is 5.75 Å². The van der Waals surface area contributed by atoms with Crippen molar-refractivity contribution in [3.8, 4) is 5.75 Å². The summed E-state index contributed by atoms with van der Waals surface area (Å²) in [7, 11) is 2.20. The Morgan fingerprint density at radius 3 is 2.94 bits per heavy atom. The molecular weight excluding hydrogens is 222 g/mol. The van der Waals surface area contributed by atoms with Crippen LogP contribution in [-0.2, 0) is 0 Å². The van der Waals surface area contributed by atoms with Crippen LogP contribution in [0.25, 0.3) is 0 Å². The minimum Gasteiger partial charge on any atom is -0.493 e. The zero-order chi connectivity index (χ0) is 13.0. The lowest BCUT2D eigenvalue weighted by Crippen LogP contribution is -2.34. The first kappa shape index (κ1) is 13.4. The van der Waals surface area contributed by atoms with Crippen molar-refractivity contribution in [3.05, 3.63) is 29.8 Å². The van der Waals surface area contributed by atoms with Gasteiger partial charge < -0.3 is 9.64 Å². The van der Waals surface area contributed by atoms with Gasteiger partial charge in [0.15, 0.2) is 0 Å². The highest BCUT2D eigenvalue weighted by Crippen LogP contribution is 2.22. The van der Waals surface area contributed by atoms with Crippen molar-refractivity contribution in [1.82, 2.24) is 4.90 Å². The predicted molar refractivity (Wildman–Crippen MR) is 76.2 cm³/mol. The van der Waals surface area contributed by atoms with Crippen LogP contribution >= 0.6 is 0 Å². The van der Waals surface area contributed by atoms with Gasteiger partial charge in [0.2, 0.25) is 0 Å². The molecule has 0 spiro atoms. The number of hydrogen-bond donors (Lipinski definition) is 0. The van der Waals surface area contributed by atoms with E-state index in [0.717, 1.165) is 12.4 Å². The number of ether oxygens (including phenoxy) is 1. The molecule has 0 aliphatic carbocycles. The Bertz CT molecular complexity index is 375. The molecule has 0 amide bonds. The number of benzene rings is 1. The van der Waals surface area contributed by atoms with Crippen molar-refractivity contribution in [2.45, 2.75) is 32.6 Å². The van der Waals surface area contributed by atoms with Crippen LogP contribution in [0.2, 0.25) is 0 Å². The van der Waals surface area contributed by atoms with Gasteiger partial charge in [0.25, 0.3) is 0 Å². The van der Waals surface area contributed by atoms with Gasteiger partial charge in [-0.1, -0.05) is 26.0 Å². The normalized spacial score (nSPS) is 21.2. The summed E-state index contributed by atoms with van der Waals surface area (Å²) in [5.74, 6) is 2.27. The molecule has 1 unspecified atom stereocenters. The summed E-state index contributed by atoms with van der Waals surface area (Å²) in [6.45, 7) is 7.69. The average Bonchev–Trinajstić information content (AvgIpc) is 2.37. The fourth-order valence-electron chi connectivity index (χ4n) is 2.59. The first-order valence-corrected chi connectivity index (χ1v) is 7.06. The van der Waals surface area contributed by atoms with Crippen LogP contribution in [0, 0.1) is 5.92 Å². The summed E-state index contributed by atoms with van der Waals surface area (Å²) in [4.78, 5) is 2.40. The molecule has 2 heteroatoms. The van der Waals surface area contributed by atoms with E-state index in [1.165, 1.54) is 31.5 Å². The second kappa shape index (κ2) is 6.24. The van der Waals surface area contributed by atoms with E-state index in [0.29, 0.717) is 11.8 Å². The van der Waals surface area contributed by atoms with E-state index in [2.05, 4.69) is 50.1 Å². The molecule has 1 saturated heterocycles. The first-order valence-electron chi connectivity index (χ1n) is 7.06. The molecule has 1 aromatic rings. The van der Waals surface area contributed by atoms with E-state index in [9.17, 15) is 0 Å². The highest BCUT2D eigenvalue weighted by atomic mass is 16.5. The minimum absolute atomic E-state index is 0.564. The van der Waals surface area contributed by atoms with E-state index in [1.54, 1.807) is 0 Å². The maximum Gasteiger partial charge on any atom is 0.119 e. The van der Waals surface area contributed by atoms with Crippen LogP contribution in [0.15, 0.2) is 24.3 Å². The fourth-order valence-corrected chi connectivity index (χ4v) is 2.59. The number of nitrogens with zero attached hydrogens (tertiary/aromatic N) is 1. The lowest BCUT2D eigenvalue weighted by atomic mass is 9.99. The Morgan fingerprint density at radius 1 is 1.39 bits per heavy atom. The van der Waals surface area contributed by atoms with Crippen LogP contribution in [0.1, 0.15) is 38.2 Å². The highest BCUT2D eigenvalue weighted by Gasteiger charge is 2.17. The van der Waals surface area contributed by atoms with Gasteiger partial charge >= 0.3 is 0 Å². The molecule has 2 nitrogen and oxygen atoms in total. The fraction of sp³-hybridized carbons (Fsp3) is 0.625. The molecule has 1 fully saturated rings. The summed E-state index contributed by atoms with van der Waals surface area (Å²) in [5.41, 5.74) is 1.35. The molecule has 0 bridgehead atoms. The summed E-state index contributed by atoms with van der Waals surface area (Å²) in [6, 6.07) is 8.51. The Kier molecular flexibility index (Phi) is 4.65. The van der Waals surface area contributed by atoms with E-state index in [1.807, 2.05) is 0 Å². The van der Waals surface area contributed by atoms with E-state index >= 15 is 0 Å². The van der Waals surface area contributed by atoms with Gasteiger partial charge in [0.1, 0.15) is 5.75 Å². The lowest BCUT2D eigenvalue weighted by molar-refractivity contribution is 0.150. The largest absolute Gasteiger partial charge is 0.493 e. The van der Waals surface area contributed by atoms with Gasteiger partial charge in [-0.25, -0.2) is 0 Å². The number of hydrogen-bond acceptors (Lipinski definition) is 2. The molecule has 0 radical (unpaired) electrons. The quantitative estimate of drug-likeness (QED) is 0.807. The summed E-state index contributed by atoms with van der Waals surface area (Å²) < 4.78 is 5.96. The summed E-state index contributed by atoms with van der Waals surface area (Å²) in [5, 5.41) is 0. The summed E-state index contributed by atoms with van der Waals surface area (Å²) in [6.07, 6.45) is 2.60. The third kappa shape index (κ3) is 3.74. The smallest absolute Gasteiger partial charge is 0.119 e. The standard InChI is InChI=1S/C16H25NO/c1-13(2)15-7-4-8-16(10-15)18-12-14-6-5-9-17(3)11-14/h4,7-8,10,13-14H,5-6,9,11-12H2,1-3H3. The van der Waals surface area contributed by atoms with Crippen LogP contribution in [-0.4, -0.2) is 31.6 Å². The Balaban J connectivity index is 1.87. The molecule has 1 aromatic carbocycles. The first-order chi connectivity index (χ1) is 8.65. The van der Waals surface area contributed by atoms with Crippen molar-refractivity contribution in [1.29, 1.82) is 0 Å². The maximum atomic E-state index is 5.96. The number of piperidine rings is 1. The molecule has 100 valence electrons. The third-order valence-corrected chi connectivity index (χ3v) is 3.73. The summed E-state index contributed by atoms with van der Waals surface area (Å²) >= 11 is 0. The van der Waals surface area contributed by atoms with E-state index in [4.69, 9.17) is 4.74 Å². The van der Waals surface area contributed by atoms with Crippen molar-refractivity contribution in [2.75, 3.05) is 26.7 Å². The van der Waals surface area contributed by atoms with Gasteiger partial charge in [-0.2, -0.15) is 0 Å². The van der Waals surface area contributed by atoms with Crippen molar-refractivity contribution in [3.63, 3.8) is 0 Å². The lowest BCUT2D eigenvalue weighted by Gasteiger charge is -2.29. The zero-order valence-corrected chi connectivity index (χ0v) is 11.9. The van der Waals surface area contributed by atoms with Crippen LogP contribution in [0.4, 0.5) is 0 Å². The van der Waals surface area contributed by atoms with Gasteiger partial charge in [0.05, 0.1) is 6.61 Å². The predicted octanol–water partition coefficient (Wildman–Crippen LogP) is 3.53. The Hall–Kier alpha value is -1.02. The molecule has 2 rings (SSSR count). The Labute approximate surface area is 111 Å².